The number of hydrogen-bond donors (Lipinski definition) is 0. The first-order valence-electron chi connectivity index (χ1n) is 10.3. The zero-order valence-electron chi connectivity index (χ0n) is 17.7. The Morgan fingerprint density at radius 2 is 1.71 bits per heavy atom. The third-order valence-electron chi connectivity index (χ3n) is 5.51. The first-order chi connectivity index (χ1) is 15.0. The molecule has 0 spiro atoms. The van der Waals surface area contributed by atoms with E-state index in [1.807, 2.05) is 6.92 Å². The maximum absolute atomic E-state index is 12.9. The van der Waals surface area contributed by atoms with Crippen LogP contribution in [0.4, 0.5) is 5.95 Å². The highest BCUT2D eigenvalue weighted by Gasteiger charge is 2.30. The molecular weight excluding hydrogens is 416 g/mol. The zero-order chi connectivity index (χ0) is 21.8. The molecule has 1 aromatic carbocycles. The molecule has 164 valence electrons. The predicted molar refractivity (Wildman–Crippen MR) is 115 cm³/mol. The van der Waals surface area contributed by atoms with Gasteiger partial charge in [0.1, 0.15) is 0 Å². The lowest BCUT2D eigenvalue weighted by Gasteiger charge is -2.38. The molecule has 0 N–H and O–H groups in total. The first kappa shape index (κ1) is 21.3. The van der Waals surface area contributed by atoms with Gasteiger partial charge >= 0.3 is 0 Å². The summed E-state index contributed by atoms with van der Waals surface area (Å²) >= 11 is 0. The van der Waals surface area contributed by atoms with E-state index < -0.39 is 9.84 Å². The number of sulfone groups is 1. The van der Waals surface area contributed by atoms with Crippen LogP contribution in [0.25, 0.3) is 0 Å². The second kappa shape index (κ2) is 9.06. The predicted octanol–water partition coefficient (Wildman–Crippen LogP) is 1.48. The van der Waals surface area contributed by atoms with Crippen LogP contribution in [0.1, 0.15) is 30.8 Å². The number of rotatable bonds is 7. The normalized spacial score (nSPS) is 16.4. The fourth-order valence-electron chi connectivity index (χ4n) is 3.82. The molecule has 2 aromatic heterocycles. The van der Waals surface area contributed by atoms with Crippen molar-refractivity contribution in [2.45, 2.75) is 37.1 Å². The lowest BCUT2D eigenvalue weighted by atomic mass is 10.1. The van der Waals surface area contributed by atoms with E-state index in [0.717, 1.165) is 44.1 Å². The molecule has 3 aromatic rings. The van der Waals surface area contributed by atoms with Gasteiger partial charge in [0.25, 0.3) is 0 Å². The van der Waals surface area contributed by atoms with Crippen LogP contribution in [-0.2, 0) is 15.7 Å². The van der Waals surface area contributed by atoms with Crippen LogP contribution in [-0.4, -0.2) is 69.7 Å². The minimum absolute atomic E-state index is 0.0675. The van der Waals surface area contributed by atoms with Crippen LogP contribution >= 0.6 is 0 Å². The molecule has 11 heteroatoms. The van der Waals surface area contributed by atoms with Gasteiger partial charge in [0, 0.05) is 38.6 Å². The van der Waals surface area contributed by atoms with Crippen LogP contribution in [0, 0.1) is 6.92 Å². The second-order valence-electron chi connectivity index (χ2n) is 7.59. The number of piperazine rings is 1. The van der Waals surface area contributed by atoms with Crippen molar-refractivity contribution in [3.8, 4) is 0 Å². The molecule has 3 heterocycles. The average molecular weight is 443 g/mol. The number of benzene rings is 1. The number of aromatic nitrogens is 6. The van der Waals surface area contributed by atoms with Crippen LogP contribution in [0.5, 0.6) is 0 Å². The van der Waals surface area contributed by atoms with E-state index >= 15 is 0 Å². The molecule has 0 saturated carbocycles. The van der Waals surface area contributed by atoms with Crippen LogP contribution in [0.3, 0.4) is 0 Å². The van der Waals surface area contributed by atoms with Crippen molar-refractivity contribution in [2.75, 3.05) is 31.1 Å². The molecule has 0 aliphatic carbocycles. The molecule has 0 unspecified atom stereocenters. The van der Waals surface area contributed by atoms with Gasteiger partial charge in [-0.05, 0) is 42.0 Å². The van der Waals surface area contributed by atoms with E-state index in [2.05, 4.69) is 42.2 Å². The Kier molecular flexibility index (Phi) is 6.23. The zero-order valence-corrected chi connectivity index (χ0v) is 18.5. The van der Waals surface area contributed by atoms with Gasteiger partial charge in [0.2, 0.25) is 5.95 Å². The van der Waals surface area contributed by atoms with Crippen molar-refractivity contribution in [2.24, 2.45) is 0 Å². The number of hydrogen-bond acceptors (Lipinski definition) is 9. The summed E-state index contributed by atoms with van der Waals surface area (Å²) in [7, 11) is -3.56. The van der Waals surface area contributed by atoms with Crippen LogP contribution in [0.2, 0.25) is 0 Å². The van der Waals surface area contributed by atoms with Gasteiger partial charge in [0.15, 0.2) is 21.5 Å². The van der Waals surface area contributed by atoms with Crippen molar-refractivity contribution in [3.63, 3.8) is 0 Å². The Hall–Kier alpha value is -2.92. The quantitative estimate of drug-likeness (QED) is 0.537. The average Bonchev–Trinajstić information content (AvgIpc) is 3.23. The first-order valence-corrected chi connectivity index (χ1v) is 11.9. The maximum atomic E-state index is 12.9. The van der Waals surface area contributed by atoms with Crippen molar-refractivity contribution in [1.82, 2.24) is 35.1 Å². The Morgan fingerprint density at radius 1 is 1.03 bits per heavy atom. The highest BCUT2D eigenvalue weighted by molar-refractivity contribution is 7.90. The van der Waals surface area contributed by atoms with Crippen molar-refractivity contribution in [1.29, 1.82) is 0 Å². The van der Waals surface area contributed by atoms with Crippen LogP contribution < -0.4 is 4.90 Å². The highest BCUT2D eigenvalue weighted by Crippen LogP contribution is 2.25. The summed E-state index contributed by atoms with van der Waals surface area (Å²) < 4.78 is 27.2. The summed E-state index contributed by atoms with van der Waals surface area (Å²) in [6.45, 7) is 7.12. The van der Waals surface area contributed by atoms with E-state index in [9.17, 15) is 8.42 Å². The Bertz CT molecular complexity index is 1090. The Balaban J connectivity index is 1.48. The van der Waals surface area contributed by atoms with Gasteiger partial charge in [-0.2, -0.15) is 0 Å². The monoisotopic (exact) mass is 442 g/mol. The minimum atomic E-state index is -3.56. The second-order valence-corrected chi connectivity index (χ2v) is 9.55. The molecule has 10 nitrogen and oxygen atoms in total. The molecule has 31 heavy (non-hydrogen) atoms. The van der Waals surface area contributed by atoms with Gasteiger partial charge in [-0.3, -0.25) is 4.90 Å². The Labute approximate surface area is 181 Å². The molecule has 1 fully saturated rings. The summed E-state index contributed by atoms with van der Waals surface area (Å²) in [5.41, 5.74) is 1.01. The molecule has 0 amide bonds. The van der Waals surface area contributed by atoms with E-state index in [4.69, 9.17) is 0 Å². The fraction of sp³-hybridized carbons (Fsp3) is 0.450. The lowest BCUT2D eigenvalue weighted by Crippen LogP contribution is -2.48. The van der Waals surface area contributed by atoms with Gasteiger partial charge in [0.05, 0.1) is 10.9 Å². The van der Waals surface area contributed by atoms with Gasteiger partial charge in [-0.1, -0.05) is 24.6 Å². The molecular formula is C20H26N8O2S. The summed E-state index contributed by atoms with van der Waals surface area (Å²) in [5.74, 6) is 1.01. The molecule has 0 bridgehead atoms. The summed E-state index contributed by atoms with van der Waals surface area (Å²) in [6.07, 6.45) is 4.26. The maximum Gasteiger partial charge on any atom is 0.225 e. The molecule has 4 rings (SSSR count). The minimum Gasteiger partial charge on any atom is -0.338 e. The molecule has 1 saturated heterocycles. The topological polar surface area (TPSA) is 110 Å². The SMILES string of the molecule is CC[C@H](c1nnnn1CS(=O)(=O)c1ccc(C)cc1)N1CCN(c2ncccn2)CC1. The molecule has 1 aliphatic rings. The Morgan fingerprint density at radius 3 is 2.35 bits per heavy atom. The number of aryl methyl sites for hydroxylation is 1. The standard InChI is InChI=1S/C20H26N8O2S/c1-3-18(26-11-13-27(14-12-26)20-21-9-4-10-22-20)19-23-24-25-28(19)15-31(29,30)17-7-5-16(2)6-8-17/h4-10,18H,3,11-15H2,1-2H3/t18-/m1/s1. The smallest absolute Gasteiger partial charge is 0.225 e. The molecule has 1 atom stereocenters. The van der Waals surface area contributed by atoms with E-state index in [-0.39, 0.29) is 16.8 Å². The summed E-state index contributed by atoms with van der Waals surface area (Å²) in [4.78, 5) is 13.4. The van der Waals surface area contributed by atoms with E-state index in [1.165, 1.54) is 4.68 Å². The third-order valence-corrected chi connectivity index (χ3v) is 7.08. The van der Waals surface area contributed by atoms with Crippen molar-refractivity contribution < 1.29 is 8.42 Å². The van der Waals surface area contributed by atoms with Gasteiger partial charge < -0.3 is 4.90 Å². The fourth-order valence-corrected chi connectivity index (χ4v) is 5.02. The largest absolute Gasteiger partial charge is 0.338 e. The molecule has 0 radical (unpaired) electrons. The van der Waals surface area contributed by atoms with Crippen molar-refractivity contribution in [3.05, 3.63) is 54.1 Å². The number of anilines is 1. The summed E-state index contributed by atoms with van der Waals surface area (Å²) in [5, 5.41) is 12.0. The third kappa shape index (κ3) is 4.72. The van der Waals surface area contributed by atoms with Crippen molar-refractivity contribution >= 4 is 15.8 Å². The van der Waals surface area contributed by atoms with E-state index in [0.29, 0.717) is 5.82 Å². The number of nitrogens with zero attached hydrogens (tertiary/aromatic N) is 8. The summed E-state index contributed by atoms with van der Waals surface area (Å²) in [6, 6.07) is 8.56. The lowest BCUT2D eigenvalue weighted by molar-refractivity contribution is 0.169. The van der Waals surface area contributed by atoms with E-state index in [1.54, 1.807) is 42.7 Å². The van der Waals surface area contributed by atoms with Gasteiger partial charge in [-0.15, -0.1) is 5.10 Å². The number of tetrazole rings is 1. The molecule has 1 aliphatic heterocycles. The van der Waals surface area contributed by atoms with Crippen LogP contribution in [0.15, 0.2) is 47.6 Å². The highest BCUT2D eigenvalue weighted by atomic mass is 32.2. The van der Waals surface area contributed by atoms with Gasteiger partial charge in [-0.25, -0.2) is 23.1 Å².